The van der Waals surface area contributed by atoms with Crippen LogP contribution in [0, 0.1) is 17.2 Å². The molecule has 1 aromatic heterocycles. The first-order valence-corrected chi connectivity index (χ1v) is 9.13. The number of rotatable bonds is 6. The second kappa shape index (κ2) is 8.99. The van der Waals surface area contributed by atoms with Crippen molar-refractivity contribution in [2.24, 2.45) is 5.92 Å². The van der Waals surface area contributed by atoms with Crippen molar-refractivity contribution in [2.75, 3.05) is 24.5 Å². The van der Waals surface area contributed by atoms with Gasteiger partial charge in [0, 0.05) is 32.0 Å². The predicted octanol–water partition coefficient (Wildman–Crippen LogP) is 2.15. The van der Waals surface area contributed by atoms with Gasteiger partial charge >= 0.3 is 0 Å². The number of piperidine rings is 1. The summed E-state index contributed by atoms with van der Waals surface area (Å²) in [5.41, 5.74) is 0.358. The van der Waals surface area contributed by atoms with Crippen molar-refractivity contribution in [3.63, 3.8) is 0 Å². The molecular weight excluding hydrogens is 342 g/mol. The zero-order valence-corrected chi connectivity index (χ0v) is 15.3. The van der Waals surface area contributed by atoms with Gasteiger partial charge in [-0.15, -0.1) is 0 Å². The largest absolute Gasteiger partial charge is 0.481 e. The summed E-state index contributed by atoms with van der Waals surface area (Å²) < 4.78 is 5.65. The Hall–Kier alpha value is -3.14. The maximum absolute atomic E-state index is 12.3. The number of hydrogen-bond acceptors (Lipinski definition) is 6. The number of amides is 1. The Balaban J connectivity index is 1.44. The minimum absolute atomic E-state index is 0.109. The lowest BCUT2D eigenvalue weighted by atomic mass is 9.96. The van der Waals surface area contributed by atoms with Gasteiger partial charge in [0.05, 0.1) is 0 Å². The van der Waals surface area contributed by atoms with E-state index in [0.29, 0.717) is 29.7 Å². The Morgan fingerprint density at radius 3 is 2.70 bits per heavy atom. The molecule has 0 unspecified atom stereocenters. The number of nitriles is 1. The van der Waals surface area contributed by atoms with Gasteiger partial charge in [0.1, 0.15) is 11.8 Å². The highest BCUT2D eigenvalue weighted by Crippen LogP contribution is 2.23. The van der Waals surface area contributed by atoms with Crippen molar-refractivity contribution in [1.29, 1.82) is 5.26 Å². The van der Waals surface area contributed by atoms with E-state index in [-0.39, 0.29) is 5.91 Å². The van der Waals surface area contributed by atoms with Crippen LogP contribution in [-0.4, -0.2) is 41.6 Å². The molecule has 3 rings (SSSR count). The number of anilines is 1. The summed E-state index contributed by atoms with van der Waals surface area (Å²) in [5, 5.41) is 12.2. The Labute approximate surface area is 159 Å². The summed E-state index contributed by atoms with van der Waals surface area (Å²) in [4.78, 5) is 22.7. The molecule has 27 heavy (non-hydrogen) atoms. The number of benzene rings is 1. The van der Waals surface area contributed by atoms with E-state index in [2.05, 4.69) is 26.3 Å². The molecule has 2 heterocycles. The second-order valence-corrected chi connectivity index (χ2v) is 6.59. The van der Waals surface area contributed by atoms with E-state index >= 15 is 0 Å². The van der Waals surface area contributed by atoms with Crippen molar-refractivity contribution >= 4 is 11.7 Å². The monoisotopic (exact) mass is 365 g/mol. The van der Waals surface area contributed by atoms with Gasteiger partial charge in [-0.25, -0.2) is 9.97 Å². The molecule has 1 saturated heterocycles. The lowest BCUT2D eigenvalue weighted by molar-refractivity contribution is -0.127. The molecule has 1 aliphatic heterocycles. The molecule has 0 spiro atoms. The molecule has 7 heteroatoms. The van der Waals surface area contributed by atoms with E-state index in [4.69, 9.17) is 10.00 Å². The summed E-state index contributed by atoms with van der Waals surface area (Å²) in [7, 11) is 0. The maximum atomic E-state index is 12.3. The summed E-state index contributed by atoms with van der Waals surface area (Å²) in [5.74, 6) is 1.62. The molecule has 0 radical (unpaired) electrons. The van der Waals surface area contributed by atoms with Crippen LogP contribution in [0.25, 0.3) is 0 Å². The van der Waals surface area contributed by atoms with Crippen LogP contribution in [0.1, 0.15) is 25.5 Å². The van der Waals surface area contributed by atoms with Gasteiger partial charge < -0.3 is 15.0 Å². The van der Waals surface area contributed by atoms with Crippen LogP contribution in [0.3, 0.4) is 0 Å². The topological polar surface area (TPSA) is 91.1 Å². The van der Waals surface area contributed by atoms with Crippen LogP contribution >= 0.6 is 0 Å². The van der Waals surface area contributed by atoms with Crippen LogP contribution < -0.4 is 15.0 Å². The normalized spacial score (nSPS) is 15.6. The zero-order chi connectivity index (χ0) is 19.1. The molecule has 7 nitrogen and oxygen atoms in total. The van der Waals surface area contributed by atoms with E-state index in [1.807, 2.05) is 30.3 Å². The summed E-state index contributed by atoms with van der Waals surface area (Å²) in [6.07, 6.45) is 4.45. The van der Waals surface area contributed by atoms with E-state index in [0.717, 1.165) is 25.9 Å². The molecule has 1 N–H and O–H groups in total. The first-order chi connectivity index (χ1) is 13.2. The molecule has 1 aromatic carbocycles. The predicted molar refractivity (Wildman–Crippen MR) is 101 cm³/mol. The van der Waals surface area contributed by atoms with Gasteiger partial charge in [-0.05, 0) is 37.8 Å². The van der Waals surface area contributed by atoms with Gasteiger partial charge in [0.2, 0.25) is 0 Å². The molecule has 1 amide bonds. The molecule has 0 bridgehead atoms. The first-order valence-electron chi connectivity index (χ1n) is 9.13. The lowest BCUT2D eigenvalue weighted by Crippen LogP contribution is -2.42. The van der Waals surface area contributed by atoms with Crippen molar-refractivity contribution in [3.8, 4) is 11.8 Å². The summed E-state index contributed by atoms with van der Waals surface area (Å²) in [6, 6.07) is 11.4. The van der Waals surface area contributed by atoms with Crippen LogP contribution in [-0.2, 0) is 4.79 Å². The molecule has 2 aromatic rings. The number of nitrogens with zero attached hydrogens (tertiary/aromatic N) is 4. The van der Waals surface area contributed by atoms with Gasteiger partial charge in [-0.3, -0.25) is 4.79 Å². The SMILES string of the molecule is C[C@H](Oc1ccccc1)C(=O)NCC1CCN(c2nccnc2C#N)CC1. The highest BCUT2D eigenvalue weighted by molar-refractivity contribution is 5.80. The third kappa shape index (κ3) is 4.94. The maximum Gasteiger partial charge on any atom is 0.260 e. The van der Waals surface area contributed by atoms with Crippen LogP contribution in [0.4, 0.5) is 5.82 Å². The van der Waals surface area contributed by atoms with Gasteiger partial charge in [-0.1, -0.05) is 18.2 Å². The molecule has 0 aliphatic carbocycles. The number of para-hydroxylation sites is 1. The molecule has 0 saturated carbocycles. The Bertz CT molecular complexity index is 798. The average molecular weight is 365 g/mol. The fraction of sp³-hybridized carbons (Fsp3) is 0.400. The molecule has 1 atom stereocenters. The second-order valence-electron chi connectivity index (χ2n) is 6.59. The van der Waals surface area contributed by atoms with E-state index < -0.39 is 6.10 Å². The van der Waals surface area contributed by atoms with E-state index in [1.165, 1.54) is 6.20 Å². The highest BCUT2D eigenvalue weighted by atomic mass is 16.5. The Kier molecular flexibility index (Phi) is 6.21. The van der Waals surface area contributed by atoms with Crippen molar-refractivity contribution in [2.45, 2.75) is 25.9 Å². The molecule has 1 aliphatic rings. The van der Waals surface area contributed by atoms with Crippen molar-refractivity contribution in [1.82, 2.24) is 15.3 Å². The minimum Gasteiger partial charge on any atom is -0.481 e. The third-order valence-electron chi connectivity index (χ3n) is 4.69. The number of carbonyl (C=O) groups is 1. The number of hydrogen-bond donors (Lipinski definition) is 1. The molecular formula is C20H23N5O2. The molecule has 1 fully saturated rings. The number of carbonyl (C=O) groups excluding carboxylic acids is 1. The van der Waals surface area contributed by atoms with Crippen LogP contribution in [0.5, 0.6) is 5.75 Å². The van der Waals surface area contributed by atoms with Gasteiger partial charge in [-0.2, -0.15) is 5.26 Å². The fourth-order valence-electron chi connectivity index (χ4n) is 3.14. The number of nitrogens with one attached hydrogen (secondary N) is 1. The van der Waals surface area contributed by atoms with Crippen molar-refractivity contribution in [3.05, 3.63) is 48.4 Å². The molecule has 140 valence electrons. The first kappa shape index (κ1) is 18.6. The standard InChI is InChI=1S/C20H23N5O2/c1-15(27-17-5-3-2-4-6-17)20(26)24-14-16-7-11-25(12-8-16)19-18(13-21)22-9-10-23-19/h2-6,9-10,15-16H,7-8,11-12,14H2,1H3,(H,24,26)/t15-/m0/s1. The highest BCUT2D eigenvalue weighted by Gasteiger charge is 2.23. The summed E-state index contributed by atoms with van der Waals surface area (Å²) >= 11 is 0. The average Bonchev–Trinajstić information content (AvgIpc) is 2.73. The van der Waals surface area contributed by atoms with Gasteiger partial charge in [0.15, 0.2) is 17.6 Å². The number of ether oxygens (including phenoxy) is 1. The third-order valence-corrected chi connectivity index (χ3v) is 4.69. The smallest absolute Gasteiger partial charge is 0.260 e. The minimum atomic E-state index is -0.537. The van der Waals surface area contributed by atoms with E-state index in [1.54, 1.807) is 13.1 Å². The fourth-order valence-corrected chi connectivity index (χ4v) is 3.14. The lowest BCUT2D eigenvalue weighted by Gasteiger charge is -2.33. The van der Waals surface area contributed by atoms with Crippen LogP contribution in [0.2, 0.25) is 0 Å². The quantitative estimate of drug-likeness (QED) is 0.843. The zero-order valence-electron chi connectivity index (χ0n) is 15.3. The van der Waals surface area contributed by atoms with Crippen molar-refractivity contribution < 1.29 is 9.53 Å². The Morgan fingerprint density at radius 2 is 2.00 bits per heavy atom. The summed E-state index contributed by atoms with van der Waals surface area (Å²) in [6.45, 7) is 3.97. The van der Waals surface area contributed by atoms with E-state index in [9.17, 15) is 4.79 Å². The van der Waals surface area contributed by atoms with Crippen LogP contribution in [0.15, 0.2) is 42.7 Å². The Morgan fingerprint density at radius 1 is 1.30 bits per heavy atom. The number of aromatic nitrogens is 2. The van der Waals surface area contributed by atoms with Gasteiger partial charge in [0.25, 0.3) is 5.91 Å².